The summed E-state index contributed by atoms with van der Waals surface area (Å²) < 4.78 is 82.8. The summed E-state index contributed by atoms with van der Waals surface area (Å²) in [6, 6.07) is 17.7. The summed E-state index contributed by atoms with van der Waals surface area (Å²) in [7, 11) is 0. The van der Waals surface area contributed by atoms with Gasteiger partial charge in [0.25, 0.3) is 0 Å². The summed E-state index contributed by atoms with van der Waals surface area (Å²) in [6.45, 7) is 0. The Hall–Kier alpha value is -3.54. The number of rotatable bonds is 4. The third kappa shape index (κ3) is 4.97. The van der Waals surface area contributed by atoms with Crippen molar-refractivity contribution in [1.82, 2.24) is 9.36 Å². The Labute approximate surface area is 230 Å². The highest BCUT2D eigenvalue weighted by atomic mass is 32.1. The molecule has 0 aliphatic rings. The third-order valence-corrected chi connectivity index (χ3v) is 9.24. The Kier molecular flexibility index (Phi) is 6.32. The lowest BCUT2D eigenvalue weighted by molar-refractivity contribution is -0.138. The SMILES string of the molecule is FC(F)(F)c1ccc(-c2ccc(-c3ncc(-c4ccc(-c5ccc(C(F)(F)F)cc5)s4)c4sncc34)s2)cc1. The van der Waals surface area contributed by atoms with Gasteiger partial charge in [-0.2, -0.15) is 30.7 Å². The van der Waals surface area contributed by atoms with Gasteiger partial charge in [0, 0.05) is 31.8 Å². The Morgan fingerprint density at radius 2 is 1.03 bits per heavy atom. The Morgan fingerprint density at radius 1 is 0.538 bits per heavy atom. The molecule has 2 aromatic carbocycles. The molecule has 6 aromatic rings. The van der Waals surface area contributed by atoms with Crippen molar-refractivity contribution >= 4 is 44.3 Å². The number of alkyl halides is 6. The summed E-state index contributed by atoms with van der Waals surface area (Å²) in [5.41, 5.74) is 1.60. The maximum absolute atomic E-state index is 12.9. The van der Waals surface area contributed by atoms with Crippen molar-refractivity contribution in [1.29, 1.82) is 0 Å². The number of hydrogen-bond donors (Lipinski definition) is 0. The van der Waals surface area contributed by atoms with E-state index in [9.17, 15) is 26.3 Å². The van der Waals surface area contributed by atoms with Crippen molar-refractivity contribution in [3.8, 4) is 41.9 Å². The van der Waals surface area contributed by atoms with Gasteiger partial charge in [0.05, 0.1) is 32.6 Å². The average molecular weight is 589 g/mol. The minimum absolute atomic E-state index is 0.685. The molecule has 2 nitrogen and oxygen atoms in total. The van der Waals surface area contributed by atoms with E-state index in [0.29, 0.717) is 11.1 Å². The molecule has 11 heteroatoms. The van der Waals surface area contributed by atoms with Crippen LogP contribution in [0.5, 0.6) is 0 Å². The fourth-order valence-electron chi connectivity index (χ4n) is 4.14. The molecule has 0 bridgehead atoms. The fourth-order valence-corrected chi connectivity index (χ4v) is 7.02. The first-order chi connectivity index (χ1) is 18.6. The first kappa shape index (κ1) is 25.7. The first-order valence-corrected chi connectivity index (χ1v) is 13.8. The number of fused-ring (bicyclic) bond motifs is 1. The number of thiophene rings is 2. The standard InChI is InChI=1S/C28H14F6N2S3/c29-27(30,31)17-5-1-15(2-6-17)21-9-11-23(37-21)19-13-35-25(20-14-36-39-26(19)20)24-12-10-22(38-24)16-3-7-18(8-4-16)28(32,33)34/h1-14H. The van der Waals surface area contributed by atoms with Crippen molar-refractivity contribution in [2.75, 3.05) is 0 Å². The Balaban J connectivity index is 1.31. The summed E-state index contributed by atoms with van der Waals surface area (Å²) in [4.78, 5) is 8.13. The fraction of sp³-hybridized carbons (Fsp3) is 0.0714. The maximum Gasteiger partial charge on any atom is 0.416 e. The van der Waals surface area contributed by atoms with E-state index in [2.05, 4.69) is 4.37 Å². The quantitative estimate of drug-likeness (QED) is 0.192. The highest BCUT2D eigenvalue weighted by Gasteiger charge is 2.31. The number of hydrogen-bond acceptors (Lipinski definition) is 5. The Bertz CT molecular complexity index is 1650. The molecular formula is C28H14F6N2S3. The van der Waals surface area contributed by atoms with Gasteiger partial charge in [-0.1, -0.05) is 24.3 Å². The lowest BCUT2D eigenvalue weighted by Crippen LogP contribution is -2.03. The van der Waals surface area contributed by atoms with Crippen LogP contribution in [0.15, 0.2) is 85.2 Å². The number of nitrogens with zero attached hydrogens (tertiary/aromatic N) is 2. The van der Waals surface area contributed by atoms with Gasteiger partial charge in [0.2, 0.25) is 0 Å². The van der Waals surface area contributed by atoms with Gasteiger partial charge < -0.3 is 0 Å². The molecule has 0 saturated heterocycles. The average Bonchev–Trinajstić information content (AvgIpc) is 3.68. The molecule has 0 saturated carbocycles. The zero-order chi connectivity index (χ0) is 27.4. The predicted octanol–water partition coefficient (Wildman–Crippen LogP) is 10.5. The van der Waals surface area contributed by atoms with Crippen LogP contribution in [0.4, 0.5) is 26.3 Å². The van der Waals surface area contributed by atoms with E-state index < -0.39 is 23.5 Å². The van der Waals surface area contributed by atoms with Gasteiger partial charge in [0.15, 0.2) is 0 Å². The number of pyridine rings is 1. The molecule has 0 spiro atoms. The molecule has 0 unspecified atom stereocenters. The molecule has 6 rings (SSSR count). The zero-order valence-corrected chi connectivity index (χ0v) is 21.9. The summed E-state index contributed by atoms with van der Waals surface area (Å²) in [5, 5.41) is 0.850. The van der Waals surface area contributed by atoms with E-state index in [1.54, 1.807) is 12.4 Å². The van der Waals surface area contributed by atoms with Gasteiger partial charge in [-0.25, -0.2) is 0 Å². The molecule has 0 amide bonds. The normalized spacial score (nSPS) is 12.4. The summed E-state index contributed by atoms with van der Waals surface area (Å²) >= 11 is 4.21. The van der Waals surface area contributed by atoms with Crippen molar-refractivity contribution in [3.05, 3.63) is 96.3 Å². The van der Waals surface area contributed by atoms with Gasteiger partial charge in [0.1, 0.15) is 0 Å². The van der Waals surface area contributed by atoms with E-state index in [1.165, 1.54) is 58.5 Å². The van der Waals surface area contributed by atoms with E-state index >= 15 is 0 Å². The molecule has 0 aliphatic heterocycles. The van der Waals surface area contributed by atoms with E-state index in [0.717, 1.165) is 65.1 Å². The van der Waals surface area contributed by atoms with Gasteiger partial charge >= 0.3 is 12.4 Å². The van der Waals surface area contributed by atoms with Crippen LogP contribution in [-0.4, -0.2) is 9.36 Å². The van der Waals surface area contributed by atoms with Crippen LogP contribution in [0.25, 0.3) is 52.0 Å². The lowest BCUT2D eigenvalue weighted by atomic mass is 10.1. The first-order valence-electron chi connectivity index (χ1n) is 11.4. The smallest absolute Gasteiger partial charge is 0.254 e. The number of benzene rings is 2. The molecule has 4 aromatic heterocycles. The van der Waals surface area contributed by atoms with Crippen molar-refractivity contribution in [3.63, 3.8) is 0 Å². The second-order valence-electron chi connectivity index (χ2n) is 8.57. The van der Waals surface area contributed by atoms with Crippen molar-refractivity contribution in [2.45, 2.75) is 12.4 Å². The van der Waals surface area contributed by atoms with Crippen molar-refractivity contribution < 1.29 is 26.3 Å². The molecule has 0 N–H and O–H groups in total. The van der Waals surface area contributed by atoms with Crippen LogP contribution in [0.3, 0.4) is 0 Å². The van der Waals surface area contributed by atoms with Crippen LogP contribution >= 0.6 is 34.2 Å². The highest BCUT2D eigenvalue weighted by molar-refractivity contribution is 7.20. The predicted molar refractivity (Wildman–Crippen MR) is 145 cm³/mol. The minimum atomic E-state index is -4.39. The molecule has 39 heavy (non-hydrogen) atoms. The number of aromatic nitrogens is 2. The minimum Gasteiger partial charge on any atom is -0.254 e. The van der Waals surface area contributed by atoms with Crippen LogP contribution < -0.4 is 0 Å². The molecule has 0 aliphatic carbocycles. The van der Waals surface area contributed by atoms with E-state index in [1.807, 2.05) is 24.3 Å². The molecule has 4 heterocycles. The third-order valence-electron chi connectivity index (χ3n) is 6.10. The summed E-state index contributed by atoms with van der Waals surface area (Å²) in [5.74, 6) is 0. The molecule has 0 atom stereocenters. The van der Waals surface area contributed by atoms with Crippen LogP contribution in [0, 0.1) is 0 Å². The van der Waals surface area contributed by atoms with Gasteiger partial charge in [-0.05, 0) is 71.2 Å². The second-order valence-corrected chi connectivity index (χ2v) is 11.5. The van der Waals surface area contributed by atoms with Gasteiger partial charge in [-0.15, -0.1) is 22.7 Å². The van der Waals surface area contributed by atoms with Crippen LogP contribution in [-0.2, 0) is 12.4 Å². The van der Waals surface area contributed by atoms with E-state index in [-0.39, 0.29) is 0 Å². The summed E-state index contributed by atoms with van der Waals surface area (Å²) in [6.07, 6.45) is -5.27. The second kappa shape index (κ2) is 9.58. The maximum atomic E-state index is 12.9. The topological polar surface area (TPSA) is 25.8 Å². The molecule has 0 radical (unpaired) electrons. The number of halogens is 6. The van der Waals surface area contributed by atoms with Gasteiger partial charge in [-0.3, -0.25) is 4.98 Å². The van der Waals surface area contributed by atoms with Crippen molar-refractivity contribution in [2.24, 2.45) is 0 Å². The molecular weight excluding hydrogens is 575 g/mol. The molecule has 0 fully saturated rings. The van der Waals surface area contributed by atoms with E-state index in [4.69, 9.17) is 4.98 Å². The Morgan fingerprint density at radius 3 is 1.56 bits per heavy atom. The van der Waals surface area contributed by atoms with Crippen LogP contribution in [0.2, 0.25) is 0 Å². The largest absolute Gasteiger partial charge is 0.416 e. The monoisotopic (exact) mass is 588 g/mol. The van der Waals surface area contributed by atoms with Crippen LogP contribution in [0.1, 0.15) is 11.1 Å². The highest BCUT2D eigenvalue weighted by Crippen LogP contribution is 2.43. The lowest BCUT2D eigenvalue weighted by Gasteiger charge is -2.07. The zero-order valence-electron chi connectivity index (χ0n) is 19.5. The molecule has 196 valence electrons.